The number of nitrogens with one attached hydrogen (secondary N) is 1. The molecule has 1 aliphatic heterocycles. The van der Waals surface area contributed by atoms with Crippen LogP contribution >= 0.6 is 11.3 Å². The molecule has 0 fully saturated rings. The minimum atomic E-state index is 0.193. The lowest BCUT2D eigenvalue weighted by Gasteiger charge is -2.20. The third-order valence-corrected chi connectivity index (χ3v) is 4.39. The van der Waals surface area contributed by atoms with E-state index < -0.39 is 0 Å². The summed E-state index contributed by atoms with van der Waals surface area (Å²) in [5.74, 6) is 1.53. The fourth-order valence-electron chi connectivity index (χ4n) is 2.18. The molecule has 1 N–H and O–H groups in total. The lowest BCUT2D eigenvalue weighted by Crippen LogP contribution is -2.27. The van der Waals surface area contributed by atoms with Gasteiger partial charge in [-0.25, -0.2) is 0 Å². The summed E-state index contributed by atoms with van der Waals surface area (Å²) < 4.78 is 0. The van der Waals surface area contributed by atoms with E-state index in [0.29, 0.717) is 5.92 Å². The minimum absolute atomic E-state index is 0.193. The van der Waals surface area contributed by atoms with Gasteiger partial charge in [0, 0.05) is 21.9 Å². The highest BCUT2D eigenvalue weighted by atomic mass is 32.1. The van der Waals surface area contributed by atoms with Crippen LogP contribution in [0.25, 0.3) is 0 Å². The van der Waals surface area contributed by atoms with Crippen LogP contribution in [-0.2, 0) is 0 Å². The molecule has 1 aliphatic rings. The molecule has 92 valence electrons. The average molecular weight is 248 g/mol. The quantitative estimate of drug-likeness (QED) is 0.843. The normalized spacial score (nSPS) is 19.4. The predicted octanol–water partition coefficient (Wildman–Crippen LogP) is 3.89. The number of aryl methyl sites for hydroxylation is 2. The highest BCUT2D eigenvalue weighted by molar-refractivity contribution is 7.12. The van der Waals surface area contributed by atoms with Gasteiger partial charge in [-0.2, -0.15) is 0 Å². The molecule has 0 aromatic carbocycles. The van der Waals surface area contributed by atoms with Gasteiger partial charge in [0.2, 0.25) is 0 Å². The molecule has 1 aromatic heterocycles. The van der Waals surface area contributed by atoms with Gasteiger partial charge in [0.25, 0.3) is 0 Å². The lowest BCUT2D eigenvalue weighted by atomic mass is 10.0. The van der Waals surface area contributed by atoms with Crippen LogP contribution in [0.5, 0.6) is 0 Å². The Kier molecular flexibility index (Phi) is 3.38. The van der Waals surface area contributed by atoms with E-state index in [1.165, 1.54) is 20.9 Å². The van der Waals surface area contributed by atoms with E-state index in [0.717, 1.165) is 5.84 Å². The fraction of sp³-hybridized carbons (Fsp3) is 0.500. The van der Waals surface area contributed by atoms with E-state index >= 15 is 0 Å². The Morgan fingerprint density at radius 1 is 1.24 bits per heavy atom. The summed E-state index contributed by atoms with van der Waals surface area (Å²) in [6.07, 6.45) is 4.17. The molecule has 0 radical (unpaired) electrons. The molecule has 1 unspecified atom stereocenters. The van der Waals surface area contributed by atoms with Crippen molar-refractivity contribution in [3.05, 3.63) is 33.2 Å². The molecule has 0 amide bonds. The zero-order valence-corrected chi connectivity index (χ0v) is 12.0. The van der Waals surface area contributed by atoms with Crippen molar-refractivity contribution in [2.24, 2.45) is 10.9 Å². The molecule has 0 saturated carbocycles. The fourth-order valence-corrected chi connectivity index (χ4v) is 3.28. The van der Waals surface area contributed by atoms with Crippen molar-refractivity contribution in [3.8, 4) is 0 Å². The Hall–Kier alpha value is -1.09. The Bertz CT molecular complexity index is 481. The van der Waals surface area contributed by atoms with Crippen molar-refractivity contribution >= 4 is 17.2 Å². The first-order valence-corrected chi connectivity index (χ1v) is 6.89. The van der Waals surface area contributed by atoms with E-state index in [1.807, 2.05) is 17.5 Å². The van der Waals surface area contributed by atoms with E-state index in [2.05, 4.69) is 46.0 Å². The number of aliphatic imine (C=N–C) groups is 1. The predicted molar refractivity (Wildman–Crippen MR) is 75.8 cm³/mol. The summed E-state index contributed by atoms with van der Waals surface area (Å²) in [7, 11) is 0. The Morgan fingerprint density at radius 3 is 2.47 bits per heavy atom. The van der Waals surface area contributed by atoms with Crippen LogP contribution in [0, 0.1) is 26.7 Å². The second kappa shape index (κ2) is 4.65. The smallest absolute Gasteiger partial charge is 0.104 e. The Morgan fingerprint density at radius 2 is 1.94 bits per heavy atom. The van der Waals surface area contributed by atoms with E-state index in [1.54, 1.807) is 0 Å². The van der Waals surface area contributed by atoms with Crippen LogP contribution in [0.2, 0.25) is 0 Å². The van der Waals surface area contributed by atoms with Crippen molar-refractivity contribution in [1.82, 2.24) is 5.32 Å². The summed E-state index contributed by atoms with van der Waals surface area (Å²) in [4.78, 5) is 7.61. The molecule has 3 heteroatoms. The minimum Gasteiger partial charge on any atom is -0.350 e. The van der Waals surface area contributed by atoms with Crippen LogP contribution in [-0.4, -0.2) is 5.84 Å². The summed E-state index contributed by atoms with van der Waals surface area (Å²) >= 11 is 1.88. The Balaban J connectivity index is 2.40. The molecule has 17 heavy (non-hydrogen) atoms. The lowest BCUT2D eigenvalue weighted by molar-refractivity contribution is 0.779. The Labute approximate surface area is 107 Å². The highest BCUT2D eigenvalue weighted by Gasteiger charge is 2.20. The number of thiophene rings is 1. The zero-order valence-electron chi connectivity index (χ0n) is 11.2. The molecular formula is C14H20N2S. The van der Waals surface area contributed by atoms with Crippen molar-refractivity contribution in [1.29, 1.82) is 0 Å². The van der Waals surface area contributed by atoms with Gasteiger partial charge in [-0.3, -0.25) is 4.99 Å². The third kappa shape index (κ3) is 2.29. The van der Waals surface area contributed by atoms with Crippen LogP contribution in [0.1, 0.15) is 40.8 Å². The third-order valence-electron chi connectivity index (χ3n) is 3.25. The number of hydrogen-bond donors (Lipinski definition) is 1. The molecule has 0 spiro atoms. The number of hydrogen-bond acceptors (Lipinski definition) is 3. The summed E-state index contributed by atoms with van der Waals surface area (Å²) in [6.45, 7) is 10.9. The zero-order chi connectivity index (χ0) is 12.6. The van der Waals surface area contributed by atoms with Gasteiger partial charge in [0.05, 0.1) is 6.04 Å². The first kappa shape index (κ1) is 12.4. The van der Waals surface area contributed by atoms with Crippen LogP contribution in [0.15, 0.2) is 17.3 Å². The molecule has 2 nitrogen and oxygen atoms in total. The number of nitrogens with zero attached hydrogens (tertiary/aromatic N) is 1. The van der Waals surface area contributed by atoms with E-state index in [-0.39, 0.29) is 6.04 Å². The monoisotopic (exact) mass is 248 g/mol. The maximum Gasteiger partial charge on any atom is 0.104 e. The van der Waals surface area contributed by atoms with Gasteiger partial charge in [0.1, 0.15) is 5.84 Å². The number of amidine groups is 1. The highest BCUT2D eigenvalue weighted by Crippen LogP contribution is 2.34. The van der Waals surface area contributed by atoms with Crippen LogP contribution < -0.4 is 5.32 Å². The molecule has 0 saturated heterocycles. The first-order chi connectivity index (χ1) is 8.00. The topological polar surface area (TPSA) is 24.4 Å². The maximum atomic E-state index is 4.81. The first-order valence-electron chi connectivity index (χ1n) is 6.08. The summed E-state index contributed by atoms with van der Waals surface area (Å²) in [6, 6.07) is 0.193. The maximum absolute atomic E-state index is 4.81. The van der Waals surface area contributed by atoms with Gasteiger partial charge in [-0.05, 0) is 38.0 Å². The van der Waals surface area contributed by atoms with Crippen molar-refractivity contribution < 1.29 is 0 Å². The molecule has 2 rings (SSSR count). The standard InChI is InChI=1S/C14H20N2S/c1-8(2)14-15-7-6-12(16-14)13-9(3)10(4)17-11(13)5/h6-8,12H,1-5H3,(H,15,16). The SMILES string of the molecule is Cc1sc(C)c(C2C=CNC(C(C)C)=N2)c1C. The van der Waals surface area contributed by atoms with Gasteiger partial charge in [0.15, 0.2) is 0 Å². The number of rotatable bonds is 2. The summed E-state index contributed by atoms with van der Waals surface area (Å²) in [5, 5.41) is 3.24. The molecular weight excluding hydrogens is 228 g/mol. The van der Waals surface area contributed by atoms with Gasteiger partial charge in [-0.15, -0.1) is 11.3 Å². The molecule has 1 aromatic rings. The van der Waals surface area contributed by atoms with E-state index in [4.69, 9.17) is 4.99 Å². The van der Waals surface area contributed by atoms with Crippen molar-refractivity contribution in [2.45, 2.75) is 40.7 Å². The molecule has 1 atom stereocenters. The molecule has 0 bridgehead atoms. The molecule has 0 aliphatic carbocycles. The second-order valence-corrected chi connectivity index (χ2v) is 6.30. The van der Waals surface area contributed by atoms with E-state index in [9.17, 15) is 0 Å². The van der Waals surface area contributed by atoms with Gasteiger partial charge >= 0.3 is 0 Å². The average Bonchev–Trinajstić information content (AvgIpc) is 2.53. The second-order valence-electron chi connectivity index (χ2n) is 4.87. The summed E-state index contributed by atoms with van der Waals surface area (Å²) in [5.41, 5.74) is 2.79. The van der Waals surface area contributed by atoms with Crippen molar-refractivity contribution in [3.63, 3.8) is 0 Å². The van der Waals surface area contributed by atoms with Gasteiger partial charge < -0.3 is 5.32 Å². The van der Waals surface area contributed by atoms with Crippen molar-refractivity contribution in [2.75, 3.05) is 0 Å². The van der Waals surface area contributed by atoms with Crippen LogP contribution in [0.4, 0.5) is 0 Å². The molecule has 2 heterocycles. The van der Waals surface area contributed by atoms with Gasteiger partial charge in [-0.1, -0.05) is 13.8 Å². The van der Waals surface area contributed by atoms with Crippen LogP contribution in [0.3, 0.4) is 0 Å². The largest absolute Gasteiger partial charge is 0.350 e.